The maximum Gasteiger partial charge on any atom is 0.307 e. The van der Waals surface area contributed by atoms with E-state index in [4.69, 9.17) is 14.9 Å². The molecule has 0 fully saturated rings. The summed E-state index contributed by atoms with van der Waals surface area (Å²) >= 11 is 0. The molecule has 3 N–H and O–H groups in total. The third-order valence-electron chi connectivity index (χ3n) is 2.59. The highest BCUT2D eigenvalue weighted by atomic mass is 16.5. The van der Waals surface area contributed by atoms with Crippen LogP contribution in [0.1, 0.15) is 13.3 Å². The predicted molar refractivity (Wildman–Crippen MR) is 70.4 cm³/mol. The minimum Gasteiger partial charge on any atom is -0.481 e. The highest BCUT2D eigenvalue weighted by Crippen LogP contribution is 2.01. The van der Waals surface area contributed by atoms with Gasteiger partial charge in [-0.1, -0.05) is 6.92 Å². The van der Waals surface area contributed by atoms with Crippen molar-refractivity contribution in [2.24, 2.45) is 5.92 Å². The van der Waals surface area contributed by atoms with Crippen molar-refractivity contribution < 1.29 is 29.3 Å². The molecule has 0 heterocycles. The van der Waals surface area contributed by atoms with Crippen molar-refractivity contribution in [1.29, 1.82) is 0 Å². The van der Waals surface area contributed by atoms with Crippen LogP contribution in [0.2, 0.25) is 0 Å². The van der Waals surface area contributed by atoms with E-state index >= 15 is 0 Å². The number of amides is 1. The monoisotopic (exact) mass is 290 g/mol. The lowest BCUT2D eigenvalue weighted by molar-refractivity contribution is -0.142. The van der Waals surface area contributed by atoms with Crippen LogP contribution in [0, 0.1) is 5.92 Å². The Bertz CT molecular complexity index is 334. The molecule has 0 saturated heterocycles. The van der Waals surface area contributed by atoms with E-state index in [-0.39, 0.29) is 32.0 Å². The molecule has 8 heteroatoms. The van der Waals surface area contributed by atoms with Crippen molar-refractivity contribution >= 4 is 17.8 Å². The second-order valence-electron chi connectivity index (χ2n) is 4.46. The minimum absolute atomic E-state index is 0.0331. The minimum atomic E-state index is -0.988. The number of nitrogens with zero attached hydrogens (tertiary/aromatic N) is 1. The molecule has 0 aliphatic rings. The van der Waals surface area contributed by atoms with Gasteiger partial charge in [0.25, 0.3) is 0 Å². The number of carboxylic acid groups (broad SMARTS) is 2. The van der Waals surface area contributed by atoms with Gasteiger partial charge in [0.1, 0.15) is 0 Å². The third kappa shape index (κ3) is 9.29. The summed E-state index contributed by atoms with van der Waals surface area (Å²) < 4.78 is 4.79. The lowest BCUT2D eigenvalue weighted by Crippen LogP contribution is -2.42. The predicted octanol–water partition coefficient (Wildman–Crippen LogP) is -0.754. The molecule has 0 radical (unpaired) electrons. The number of rotatable bonds is 11. The Hall–Kier alpha value is -1.67. The molecule has 0 aliphatic heterocycles. The summed E-state index contributed by atoms with van der Waals surface area (Å²) in [4.78, 5) is 34.5. The molecule has 0 bridgehead atoms. The van der Waals surface area contributed by atoms with Crippen LogP contribution in [0.4, 0.5) is 0 Å². The fraction of sp³-hybridized carbons (Fsp3) is 0.750. The quantitative estimate of drug-likeness (QED) is 0.428. The Morgan fingerprint density at radius 3 is 2.45 bits per heavy atom. The fourth-order valence-corrected chi connectivity index (χ4v) is 1.51. The SMILES string of the molecule is COCCNC(=O)CN(CCC(=O)O)CC(C)C(=O)O. The number of hydrogen-bond acceptors (Lipinski definition) is 5. The molecular weight excluding hydrogens is 268 g/mol. The van der Waals surface area contributed by atoms with Gasteiger partial charge in [-0.25, -0.2) is 0 Å². The summed E-state index contributed by atoms with van der Waals surface area (Å²) in [5, 5.41) is 20.1. The number of carbonyl (C=O) groups excluding carboxylic acids is 1. The topological polar surface area (TPSA) is 116 Å². The van der Waals surface area contributed by atoms with Crippen LogP contribution in [0.25, 0.3) is 0 Å². The molecule has 0 aromatic rings. The van der Waals surface area contributed by atoms with Gasteiger partial charge in [-0.05, 0) is 0 Å². The van der Waals surface area contributed by atoms with Crippen LogP contribution < -0.4 is 5.32 Å². The number of methoxy groups -OCH3 is 1. The summed E-state index contributed by atoms with van der Waals surface area (Å²) in [7, 11) is 1.51. The zero-order valence-electron chi connectivity index (χ0n) is 11.8. The van der Waals surface area contributed by atoms with Gasteiger partial charge in [0, 0.05) is 26.7 Å². The van der Waals surface area contributed by atoms with Gasteiger partial charge >= 0.3 is 11.9 Å². The zero-order chi connectivity index (χ0) is 15.5. The van der Waals surface area contributed by atoms with Gasteiger partial charge in [0.15, 0.2) is 0 Å². The van der Waals surface area contributed by atoms with Gasteiger partial charge in [0.2, 0.25) is 5.91 Å². The van der Waals surface area contributed by atoms with Gasteiger partial charge in [-0.2, -0.15) is 0 Å². The van der Waals surface area contributed by atoms with E-state index in [1.807, 2.05) is 0 Å². The van der Waals surface area contributed by atoms with Crippen LogP contribution in [0.5, 0.6) is 0 Å². The van der Waals surface area contributed by atoms with Crippen molar-refractivity contribution in [3.05, 3.63) is 0 Å². The highest BCUT2D eigenvalue weighted by Gasteiger charge is 2.19. The second-order valence-corrected chi connectivity index (χ2v) is 4.46. The van der Waals surface area contributed by atoms with E-state index < -0.39 is 17.9 Å². The van der Waals surface area contributed by atoms with E-state index in [1.165, 1.54) is 18.9 Å². The summed E-state index contributed by atoms with van der Waals surface area (Å²) in [5.74, 6) is -2.93. The number of carbonyl (C=O) groups is 3. The first-order valence-electron chi connectivity index (χ1n) is 6.29. The average Bonchev–Trinajstić information content (AvgIpc) is 2.35. The number of carboxylic acids is 2. The van der Waals surface area contributed by atoms with Crippen LogP contribution >= 0.6 is 0 Å². The van der Waals surface area contributed by atoms with Gasteiger partial charge in [-0.15, -0.1) is 0 Å². The van der Waals surface area contributed by atoms with Gasteiger partial charge < -0.3 is 20.3 Å². The van der Waals surface area contributed by atoms with Crippen LogP contribution in [0.3, 0.4) is 0 Å². The molecular formula is C12H22N2O6. The molecule has 0 spiro atoms. The van der Waals surface area contributed by atoms with E-state index in [9.17, 15) is 14.4 Å². The molecule has 8 nitrogen and oxygen atoms in total. The van der Waals surface area contributed by atoms with Crippen LogP contribution in [0.15, 0.2) is 0 Å². The molecule has 0 aromatic heterocycles. The molecule has 0 aromatic carbocycles. The summed E-state index contributed by atoms with van der Waals surface area (Å²) in [6.45, 7) is 2.47. The number of nitrogens with one attached hydrogen (secondary N) is 1. The van der Waals surface area contributed by atoms with E-state index in [2.05, 4.69) is 5.32 Å². The number of hydrogen-bond donors (Lipinski definition) is 3. The molecule has 116 valence electrons. The Balaban J connectivity index is 4.32. The molecule has 0 saturated carbocycles. The molecule has 1 unspecified atom stereocenters. The summed E-state index contributed by atoms with van der Waals surface area (Å²) in [6, 6.07) is 0. The summed E-state index contributed by atoms with van der Waals surface area (Å²) in [5.41, 5.74) is 0. The first-order chi connectivity index (χ1) is 9.36. The molecule has 1 atom stereocenters. The fourth-order valence-electron chi connectivity index (χ4n) is 1.51. The van der Waals surface area contributed by atoms with E-state index in [0.29, 0.717) is 13.2 Å². The largest absolute Gasteiger partial charge is 0.481 e. The maximum atomic E-state index is 11.6. The van der Waals surface area contributed by atoms with Crippen LogP contribution in [-0.4, -0.2) is 72.9 Å². The summed E-state index contributed by atoms with van der Waals surface area (Å²) in [6.07, 6.45) is -0.141. The smallest absolute Gasteiger partial charge is 0.307 e. The van der Waals surface area contributed by atoms with Crippen molar-refractivity contribution in [2.75, 3.05) is 39.9 Å². The Labute approximate surface area is 117 Å². The second kappa shape index (κ2) is 10.2. The molecule has 0 aliphatic carbocycles. The number of ether oxygens (including phenoxy) is 1. The first-order valence-corrected chi connectivity index (χ1v) is 6.29. The lowest BCUT2D eigenvalue weighted by Gasteiger charge is -2.22. The Morgan fingerprint density at radius 2 is 1.95 bits per heavy atom. The molecule has 20 heavy (non-hydrogen) atoms. The lowest BCUT2D eigenvalue weighted by atomic mass is 10.1. The van der Waals surface area contributed by atoms with Crippen molar-refractivity contribution in [3.8, 4) is 0 Å². The zero-order valence-corrected chi connectivity index (χ0v) is 11.8. The third-order valence-corrected chi connectivity index (χ3v) is 2.59. The molecule has 0 rings (SSSR count). The molecule has 1 amide bonds. The van der Waals surface area contributed by atoms with Crippen molar-refractivity contribution in [1.82, 2.24) is 10.2 Å². The van der Waals surface area contributed by atoms with Crippen molar-refractivity contribution in [3.63, 3.8) is 0 Å². The van der Waals surface area contributed by atoms with Gasteiger partial charge in [0.05, 0.1) is 25.5 Å². The standard InChI is InChI=1S/C12H22N2O6/c1-9(12(18)19)7-14(5-3-11(16)17)8-10(15)13-4-6-20-2/h9H,3-8H2,1-2H3,(H,13,15)(H,16,17)(H,18,19). The van der Waals surface area contributed by atoms with Crippen LogP contribution in [-0.2, 0) is 19.1 Å². The van der Waals surface area contributed by atoms with Gasteiger partial charge in [-0.3, -0.25) is 19.3 Å². The Kier molecular flexibility index (Phi) is 9.31. The number of aliphatic carboxylic acids is 2. The van der Waals surface area contributed by atoms with E-state index in [0.717, 1.165) is 0 Å². The van der Waals surface area contributed by atoms with E-state index in [1.54, 1.807) is 0 Å². The normalized spacial score (nSPS) is 12.2. The van der Waals surface area contributed by atoms with Crippen molar-refractivity contribution in [2.45, 2.75) is 13.3 Å². The first kappa shape index (κ1) is 18.3. The average molecular weight is 290 g/mol. The highest BCUT2D eigenvalue weighted by molar-refractivity contribution is 5.78. The Morgan fingerprint density at radius 1 is 1.30 bits per heavy atom. The maximum absolute atomic E-state index is 11.6.